The van der Waals surface area contributed by atoms with Crippen molar-refractivity contribution in [3.63, 3.8) is 0 Å². The van der Waals surface area contributed by atoms with Crippen molar-refractivity contribution in [2.45, 2.75) is 19.9 Å². The van der Waals surface area contributed by atoms with Crippen molar-refractivity contribution in [2.75, 3.05) is 13.1 Å². The van der Waals surface area contributed by atoms with Crippen LogP contribution in [0.4, 0.5) is 0 Å². The third kappa shape index (κ3) is 5.31. The van der Waals surface area contributed by atoms with Crippen molar-refractivity contribution in [3.8, 4) is 0 Å². The Morgan fingerprint density at radius 2 is 2.04 bits per heavy atom. The summed E-state index contributed by atoms with van der Waals surface area (Å²) in [7, 11) is 0. The molecule has 6 nitrogen and oxygen atoms in total. The van der Waals surface area contributed by atoms with Gasteiger partial charge >= 0.3 is 0 Å². The summed E-state index contributed by atoms with van der Waals surface area (Å²) in [5.74, 6) is 0.792. The molecule has 4 N–H and O–H groups in total. The van der Waals surface area contributed by atoms with Gasteiger partial charge in [0.2, 0.25) is 0 Å². The molecule has 0 aliphatic carbocycles. The molecule has 0 saturated carbocycles. The van der Waals surface area contributed by atoms with Gasteiger partial charge in [0.05, 0.1) is 0 Å². The molecule has 0 fully saturated rings. The highest BCUT2D eigenvalue weighted by Crippen LogP contribution is 2.14. The summed E-state index contributed by atoms with van der Waals surface area (Å²) in [5, 5.41) is 7.16. The predicted molar refractivity (Wildman–Crippen MR) is 95.2 cm³/mol. The molecule has 0 atom stereocenters. The van der Waals surface area contributed by atoms with Gasteiger partial charge in [0, 0.05) is 18.1 Å². The first-order valence-corrected chi connectivity index (χ1v) is 8.12. The van der Waals surface area contributed by atoms with Gasteiger partial charge in [-0.05, 0) is 37.1 Å². The molecule has 2 rings (SSSR count). The number of benzene rings is 1. The number of furan rings is 1. The van der Waals surface area contributed by atoms with E-state index >= 15 is 0 Å². The van der Waals surface area contributed by atoms with Crippen LogP contribution in [0.5, 0.6) is 0 Å². The minimum Gasteiger partial charge on any atom is -0.454 e. The molecule has 1 aromatic carbocycles. The number of amides is 1. The fraction of sp³-hybridized carbons (Fsp3) is 0.294. The van der Waals surface area contributed by atoms with Gasteiger partial charge in [-0.2, -0.15) is 0 Å². The summed E-state index contributed by atoms with van der Waals surface area (Å²) in [5.41, 5.74) is 6.24. The fourth-order valence-corrected chi connectivity index (χ4v) is 2.34. The Morgan fingerprint density at radius 1 is 1.25 bits per heavy atom. The second-order valence-electron chi connectivity index (χ2n) is 5.09. The SMILES string of the molecule is CCNC(=NCc1ccc(C(N)=O)o1)NCCc1ccccc1Cl. The second-order valence-corrected chi connectivity index (χ2v) is 5.50. The number of halogens is 1. The molecular weight excluding hydrogens is 328 g/mol. The summed E-state index contributed by atoms with van der Waals surface area (Å²) in [6.45, 7) is 3.74. The second kappa shape index (κ2) is 8.98. The molecule has 0 aliphatic rings. The maximum absolute atomic E-state index is 11.0. The van der Waals surface area contributed by atoms with E-state index in [4.69, 9.17) is 21.8 Å². The highest BCUT2D eigenvalue weighted by Gasteiger charge is 2.07. The molecule has 24 heavy (non-hydrogen) atoms. The summed E-state index contributed by atoms with van der Waals surface area (Å²) in [6, 6.07) is 11.0. The van der Waals surface area contributed by atoms with E-state index in [1.165, 1.54) is 0 Å². The molecule has 1 aromatic heterocycles. The zero-order valence-corrected chi connectivity index (χ0v) is 14.3. The van der Waals surface area contributed by atoms with E-state index < -0.39 is 5.91 Å². The number of hydrogen-bond donors (Lipinski definition) is 3. The Kier molecular flexibility index (Phi) is 6.69. The topological polar surface area (TPSA) is 92.6 Å². The number of nitrogens with two attached hydrogens (primary N) is 1. The maximum atomic E-state index is 11.0. The smallest absolute Gasteiger partial charge is 0.284 e. The van der Waals surface area contributed by atoms with Crippen LogP contribution in [0.25, 0.3) is 0 Å². The van der Waals surface area contributed by atoms with Crippen molar-refractivity contribution in [1.82, 2.24) is 10.6 Å². The average Bonchev–Trinajstić information content (AvgIpc) is 3.03. The molecule has 1 amide bonds. The molecule has 0 radical (unpaired) electrons. The zero-order chi connectivity index (χ0) is 17.4. The third-order valence-corrected chi connectivity index (χ3v) is 3.66. The quantitative estimate of drug-likeness (QED) is 0.529. The Morgan fingerprint density at radius 3 is 2.71 bits per heavy atom. The van der Waals surface area contributed by atoms with Crippen LogP contribution in [0, 0.1) is 0 Å². The van der Waals surface area contributed by atoms with Crippen molar-refractivity contribution < 1.29 is 9.21 Å². The summed E-state index contributed by atoms with van der Waals surface area (Å²) < 4.78 is 5.31. The molecule has 128 valence electrons. The Bertz CT molecular complexity index is 712. The first-order chi connectivity index (χ1) is 11.6. The lowest BCUT2D eigenvalue weighted by molar-refractivity contribution is 0.0972. The van der Waals surface area contributed by atoms with Crippen LogP contribution in [0.3, 0.4) is 0 Å². The number of guanidine groups is 1. The molecule has 0 bridgehead atoms. The van der Waals surface area contributed by atoms with E-state index in [-0.39, 0.29) is 5.76 Å². The van der Waals surface area contributed by atoms with Gasteiger partial charge in [0.25, 0.3) is 5.91 Å². The van der Waals surface area contributed by atoms with Gasteiger partial charge in [0.15, 0.2) is 11.7 Å². The van der Waals surface area contributed by atoms with Crippen molar-refractivity contribution in [2.24, 2.45) is 10.7 Å². The minimum atomic E-state index is -0.588. The van der Waals surface area contributed by atoms with Gasteiger partial charge in [-0.1, -0.05) is 29.8 Å². The molecule has 2 aromatic rings. The van der Waals surface area contributed by atoms with Crippen molar-refractivity contribution in [1.29, 1.82) is 0 Å². The van der Waals surface area contributed by atoms with E-state index in [0.717, 1.165) is 23.6 Å². The maximum Gasteiger partial charge on any atom is 0.284 e. The summed E-state index contributed by atoms with van der Waals surface area (Å²) in [6.07, 6.45) is 0.788. The molecule has 1 heterocycles. The zero-order valence-electron chi connectivity index (χ0n) is 13.5. The highest BCUT2D eigenvalue weighted by molar-refractivity contribution is 6.31. The van der Waals surface area contributed by atoms with Gasteiger partial charge in [0.1, 0.15) is 12.3 Å². The third-order valence-electron chi connectivity index (χ3n) is 3.29. The number of carbonyl (C=O) groups excluding carboxylic acids is 1. The van der Waals surface area contributed by atoms with E-state index in [2.05, 4.69) is 15.6 Å². The van der Waals surface area contributed by atoms with Gasteiger partial charge in [-0.3, -0.25) is 4.79 Å². The van der Waals surface area contributed by atoms with Crippen LogP contribution < -0.4 is 16.4 Å². The first-order valence-electron chi connectivity index (χ1n) is 7.74. The number of primary amides is 1. The minimum absolute atomic E-state index is 0.136. The number of aliphatic imine (C=N–C) groups is 1. The lowest BCUT2D eigenvalue weighted by atomic mass is 10.1. The van der Waals surface area contributed by atoms with E-state index in [1.807, 2.05) is 31.2 Å². The van der Waals surface area contributed by atoms with Gasteiger partial charge in [-0.15, -0.1) is 0 Å². The molecular formula is C17H21ClN4O2. The van der Waals surface area contributed by atoms with Crippen LogP contribution in [-0.4, -0.2) is 25.0 Å². The average molecular weight is 349 g/mol. The lowest BCUT2D eigenvalue weighted by Gasteiger charge is -2.11. The predicted octanol–water partition coefficient (Wildman–Crippen LogP) is 2.33. The Labute approximate surface area is 146 Å². The molecule has 0 saturated heterocycles. The van der Waals surface area contributed by atoms with E-state index in [9.17, 15) is 4.79 Å². The molecule has 0 aliphatic heterocycles. The number of nitrogens with zero attached hydrogens (tertiary/aromatic N) is 1. The van der Waals surface area contributed by atoms with Gasteiger partial charge < -0.3 is 20.8 Å². The van der Waals surface area contributed by atoms with E-state index in [1.54, 1.807) is 12.1 Å². The van der Waals surface area contributed by atoms with Gasteiger partial charge in [-0.25, -0.2) is 4.99 Å². The monoisotopic (exact) mass is 348 g/mol. The van der Waals surface area contributed by atoms with Crippen molar-refractivity contribution in [3.05, 3.63) is 58.5 Å². The summed E-state index contributed by atoms with van der Waals surface area (Å²) >= 11 is 6.15. The number of hydrogen-bond acceptors (Lipinski definition) is 3. The van der Waals surface area contributed by atoms with Crippen LogP contribution in [0.1, 0.15) is 28.8 Å². The highest BCUT2D eigenvalue weighted by atomic mass is 35.5. The molecule has 0 unspecified atom stereocenters. The normalized spacial score (nSPS) is 11.3. The van der Waals surface area contributed by atoms with Crippen LogP contribution in [-0.2, 0) is 13.0 Å². The summed E-state index contributed by atoms with van der Waals surface area (Å²) in [4.78, 5) is 15.4. The van der Waals surface area contributed by atoms with E-state index in [0.29, 0.717) is 24.8 Å². The number of nitrogens with one attached hydrogen (secondary N) is 2. The largest absolute Gasteiger partial charge is 0.454 e. The number of carbonyl (C=O) groups is 1. The fourth-order valence-electron chi connectivity index (χ4n) is 2.11. The lowest BCUT2D eigenvalue weighted by Crippen LogP contribution is -2.38. The van der Waals surface area contributed by atoms with Crippen LogP contribution in [0.15, 0.2) is 45.8 Å². The Balaban J connectivity index is 1.90. The Hall–Kier alpha value is -2.47. The first kappa shape index (κ1) is 17.9. The standard InChI is InChI=1S/C17H21ClN4O2/c1-2-20-17(21-10-9-12-5-3-4-6-14(12)18)22-11-13-7-8-15(24-13)16(19)23/h3-8H,2,9-11H2,1H3,(H2,19,23)(H2,20,21,22). The van der Waals surface area contributed by atoms with Crippen molar-refractivity contribution >= 4 is 23.5 Å². The van der Waals surface area contributed by atoms with Crippen LogP contribution >= 0.6 is 11.6 Å². The number of rotatable bonds is 7. The molecule has 0 spiro atoms. The van der Waals surface area contributed by atoms with Crippen LogP contribution in [0.2, 0.25) is 5.02 Å². The molecule has 7 heteroatoms.